The summed E-state index contributed by atoms with van der Waals surface area (Å²) < 4.78 is 0. The number of thiophene rings is 1. The molecule has 0 fully saturated rings. The molecule has 1 N–H and O–H groups in total. The van der Waals surface area contributed by atoms with Crippen molar-refractivity contribution in [3.05, 3.63) is 76.6 Å². The summed E-state index contributed by atoms with van der Waals surface area (Å²) in [4.78, 5) is 33.3. The third-order valence-electron chi connectivity index (χ3n) is 5.72. The molecule has 33 heavy (non-hydrogen) atoms. The third-order valence-corrected chi connectivity index (χ3v) is 6.61. The number of hydrogen-bond acceptors (Lipinski definition) is 6. The SMILES string of the molecule is CCN(CC)c1ccc(NC2=C(c3cccs3)C(=O)N(c3cccc(N(C)C)c3)C2=O)cc1. The van der Waals surface area contributed by atoms with Gasteiger partial charge in [0.25, 0.3) is 11.8 Å². The zero-order valence-electron chi connectivity index (χ0n) is 19.3. The smallest absolute Gasteiger partial charge is 0.282 e. The van der Waals surface area contributed by atoms with E-state index in [4.69, 9.17) is 0 Å². The van der Waals surface area contributed by atoms with Crippen LogP contribution in [0.4, 0.5) is 22.7 Å². The summed E-state index contributed by atoms with van der Waals surface area (Å²) in [5.41, 5.74) is 4.05. The Kier molecular flexibility index (Phi) is 6.51. The Hall–Kier alpha value is -3.58. The molecular weight excluding hydrogens is 432 g/mol. The molecule has 0 spiro atoms. The van der Waals surface area contributed by atoms with Crippen LogP contribution in [0.15, 0.2) is 71.7 Å². The fourth-order valence-corrected chi connectivity index (χ4v) is 4.70. The molecule has 3 aromatic rings. The van der Waals surface area contributed by atoms with Crippen molar-refractivity contribution >= 4 is 51.5 Å². The second-order valence-corrected chi connectivity index (χ2v) is 8.88. The van der Waals surface area contributed by atoms with Crippen molar-refractivity contribution in [1.82, 2.24) is 0 Å². The maximum Gasteiger partial charge on any atom is 0.282 e. The monoisotopic (exact) mass is 460 g/mol. The van der Waals surface area contributed by atoms with Gasteiger partial charge in [0.2, 0.25) is 0 Å². The second kappa shape index (κ2) is 9.50. The molecule has 1 aliphatic heterocycles. The lowest BCUT2D eigenvalue weighted by Gasteiger charge is -2.21. The Bertz CT molecular complexity index is 1180. The van der Waals surface area contributed by atoms with Crippen LogP contribution in [-0.4, -0.2) is 39.0 Å². The van der Waals surface area contributed by atoms with Crippen molar-refractivity contribution in [1.29, 1.82) is 0 Å². The fraction of sp³-hybridized carbons (Fsp3) is 0.231. The molecular formula is C26H28N4O2S. The van der Waals surface area contributed by atoms with Crippen molar-refractivity contribution in [2.75, 3.05) is 47.2 Å². The number of benzene rings is 2. The molecule has 4 rings (SSSR count). The molecule has 170 valence electrons. The molecule has 0 atom stereocenters. The molecule has 1 aliphatic rings. The molecule has 0 saturated heterocycles. The molecule has 2 heterocycles. The first-order valence-electron chi connectivity index (χ1n) is 11.0. The van der Waals surface area contributed by atoms with Crippen LogP contribution in [0.5, 0.6) is 0 Å². The first-order chi connectivity index (χ1) is 15.9. The summed E-state index contributed by atoms with van der Waals surface area (Å²) in [6.45, 7) is 6.09. The molecule has 2 aromatic carbocycles. The second-order valence-electron chi connectivity index (χ2n) is 7.93. The molecule has 7 heteroatoms. The van der Waals surface area contributed by atoms with E-state index < -0.39 is 0 Å². The average molecular weight is 461 g/mol. The lowest BCUT2D eigenvalue weighted by Crippen LogP contribution is -2.32. The predicted octanol–water partition coefficient (Wildman–Crippen LogP) is 5.06. The largest absolute Gasteiger partial charge is 0.378 e. The molecule has 0 radical (unpaired) electrons. The van der Waals surface area contributed by atoms with E-state index >= 15 is 0 Å². The predicted molar refractivity (Wildman–Crippen MR) is 138 cm³/mol. The normalized spacial score (nSPS) is 13.6. The fourth-order valence-electron chi connectivity index (χ4n) is 3.93. The van der Waals surface area contributed by atoms with E-state index in [0.29, 0.717) is 17.0 Å². The first kappa shape index (κ1) is 22.6. The molecule has 0 unspecified atom stereocenters. The van der Waals surface area contributed by atoms with Gasteiger partial charge in [-0.25, -0.2) is 4.90 Å². The minimum absolute atomic E-state index is 0.299. The van der Waals surface area contributed by atoms with E-state index in [1.165, 1.54) is 16.2 Å². The summed E-state index contributed by atoms with van der Waals surface area (Å²) >= 11 is 1.45. The Labute approximate surface area is 198 Å². The lowest BCUT2D eigenvalue weighted by atomic mass is 10.1. The van der Waals surface area contributed by atoms with Gasteiger partial charge in [-0.1, -0.05) is 12.1 Å². The number of hydrogen-bond donors (Lipinski definition) is 1. The number of carbonyl (C=O) groups excluding carboxylic acids is 2. The van der Waals surface area contributed by atoms with E-state index in [2.05, 4.69) is 24.1 Å². The number of nitrogens with zero attached hydrogens (tertiary/aromatic N) is 3. The minimum atomic E-state index is -0.355. The number of amides is 2. The molecule has 2 amide bonds. The maximum atomic E-state index is 13.5. The van der Waals surface area contributed by atoms with Crippen LogP contribution in [0.25, 0.3) is 5.57 Å². The highest BCUT2D eigenvalue weighted by Gasteiger charge is 2.40. The van der Waals surface area contributed by atoms with E-state index in [1.807, 2.05) is 79.0 Å². The van der Waals surface area contributed by atoms with Gasteiger partial charge in [0.05, 0.1) is 11.3 Å². The summed E-state index contributed by atoms with van der Waals surface area (Å²) in [5, 5.41) is 5.15. The van der Waals surface area contributed by atoms with Crippen LogP contribution in [0.1, 0.15) is 18.7 Å². The van der Waals surface area contributed by atoms with E-state index in [-0.39, 0.29) is 11.8 Å². The van der Waals surface area contributed by atoms with E-state index in [1.54, 1.807) is 6.07 Å². The maximum absolute atomic E-state index is 13.5. The highest BCUT2D eigenvalue weighted by Crippen LogP contribution is 2.36. The number of nitrogens with one attached hydrogen (secondary N) is 1. The molecule has 0 aliphatic carbocycles. The Morgan fingerprint density at radius 1 is 0.879 bits per heavy atom. The highest BCUT2D eigenvalue weighted by atomic mass is 32.1. The Morgan fingerprint density at radius 3 is 2.21 bits per heavy atom. The highest BCUT2D eigenvalue weighted by molar-refractivity contribution is 7.11. The number of imide groups is 1. The van der Waals surface area contributed by atoms with Crippen LogP contribution >= 0.6 is 11.3 Å². The quantitative estimate of drug-likeness (QED) is 0.477. The van der Waals surface area contributed by atoms with Crippen LogP contribution in [0, 0.1) is 0 Å². The van der Waals surface area contributed by atoms with Crippen LogP contribution in [0.2, 0.25) is 0 Å². The van der Waals surface area contributed by atoms with Gasteiger partial charge in [0.1, 0.15) is 5.70 Å². The molecule has 0 saturated carbocycles. The van der Waals surface area contributed by atoms with E-state index in [9.17, 15) is 9.59 Å². The van der Waals surface area contributed by atoms with Gasteiger partial charge in [-0.3, -0.25) is 9.59 Å². The molecule has 6 nitrogen and oxygen atoms in total. The number of rotatable bonds is 8. The van der Waals surface area contributed by atoms with Gasteiger partial charge in [-0.2, -0.15) is 0 Å². The topological polar surface area (TPSA) is 55.9 Å². The van der Waals surface area contributed by atoms with Crippen LogP contribution in [-0.2, 0) is 9.59 Å². The molecule has 0 bridgehead atoms. The molecule has 1 aromatic heterocycles. The lowest BCUT2D eigenvalue weighted by molar-refractivity contribution is -0.120. The summed E-state index contributed by atoms with van der Waals surface area (Å²) in [7, 11) is 3.86. The summed E-state index contributed by atoms with van der Waals surface area (Å²) in [6, 6.07) is 19.1. The van der Waals surface area contributed by atoms with Gasteiger partial charge in [0.15, 0.2) is 0 Å². The van der Waals surface area contributed by atoms with Crippen molar-refractivity contribution in [3.8, 4) is 0 Å². The third kappa shape index (κ3) is 4.36. The van der Waals surface area contributed by atoms with Crippen molar-refractivity contribution in [2.45, 2.75) is 13.8 Å². The summed E-state index contributed by atoms with van der Waals surface area (Å²) in [5.74, 6) is -0.673. The van der Waals surface area contributed by atoms with E-state index in [0.717, 1.165) is 35.0 Å². The van der Waals surface area contributed by atoms with Crippen molar-refractivity contribution in [2.24, 2.45) is 0 Å². The minimum Gasteiger partial charge on any atom is -0.378 e. The average Bonchev–Trinajstić information content (AvgIpc) is 3.42. The zero-order valence-corrected chi connectivity index (χ0v) is 20.1. The Balaban J connectivity index is 1.71. The number of carbonyl (C=O) groups is 2. The van der Waals surface area contributed by atoms with Crippen molar-refractivity contribution in [3.63, 3.8) is 0 Å². The first-order valence-corrected chi connectivity index (χ1v) is 11.9. The van der Waals surface area contributed by atoms with Gasteiger partial charge in [-0.15, -0.1) is 11.3 Å². The van der Waals surface area contributed by atoms with Gasteiger partial charge in [-0.05, 0) is 67.8 Å². The van der Waals surface area contributed by atoms with Crippen LogP contribution < -0.4 is 20.0 Å². The Morgan fingerprint density at radius 2 is 1.61 bits per heavy atom. The van der Waals surface area contributed by atoms with Gasteiger partial charge < -0.3 is 15.1 Å². The van der Waals surface area contributed by atoms with Gasteiger partial charge >= 0.3 is 0 Å². The van der Waals surface area contributed by atoms with Crippen molar-refractivity contribution < 1.29 is 9.59 Å². The van der Waals surface area contributed by atoms with Crippen LogP contribution in [0.3, 0.4) is 0 Å². The summed E-state index contributed by atoms with van der Waals surface area (Å²) in [6.07, 6.45) is 0. The number of anilines is 4. The van der Waals surface area contributed by atoms with Gasteiger partial charge in [0, 0.05) is 49.1 Å². The standard InChI is InChI=1S/C26H28N4O2S/c1-5-29(6-2)19-14-12-18(13-15-19)27-24-23(22-11-8-16-33-22)25(31)30(26(24)32)21-10-7-9-20(17-21)28(3)4/h7-17,27H,5-6H2,1-4H3. The zero-order chi connectivity index (χ0) is 23.5.